The number of aromatic amines is 1. The largest absolute Gasteiger partial charge is 0.370 e. The van der Waals surface area contributed by atoms with Gasteiger partial charge in [0.1, 0.15) is 6.61 Å². The number of fused-ring (bicyclic) bond motifs is 1. The highest BCUT2D eigenvalue weighted by atomic mass is 35.5. The number of aromatic nitrogens is 1. The van der Waals surface area contributed by atoms with Crippen LogP contribution >= 0.6 is 11.6 Å². The number of nitrogens with one attached hydrogen (secondary N) is 2. The third-order valence-corrected chi connectivity index (χ3v) is 4.76. The Morgan fingerprint density at radius 1 is 1.22 bits per heavy atom. The lowest BCUT2D eigenvalue weighted by Gasteiger charge is -2.26. The molecule has 0 bridgehead atoms. The summed E-state index contributed by atoms with van der Waals surface area (Å²) in [7, 11) is 0. The van der Waals surface area contributed by atoms with Crippen LogP contribution in [-0.4, -0.2) is 36.6 Å². The lowest BCUT2D eigenvalue weighted by molar-refractivity contribution is -0.125. The molecule has 0 aliphatic carbocycles. The van der Waals surface area contributed by atoms with Crippen LogP contribution < -0.4 is 10.2 Å². The quantitative estimate of drug-likeness (QED) is 0.725. The fourth-order valence-corrected chi connectivity index (χ4v) is 3.36. The molecule has 27 heavy (non-hydrogen) atoms. The van der Waals surface area contributed by atoms with E-state index in [1.807, 2.05) is 36.5 Å². The zero-order valence-corrected chi connectivity index (χ0v) is 15.3. The summed E-state index contributed by atoms with van der Waals surface area (Å²) in [5.41, 5.74) is 3.32. The van der Waals surface area contributed by atoms with E-state index in [1.54, 1.807) is 17.0 Å². The average molecular weight is 384 g/mol. The highest BCUT2D eigenvalue weighted by Gasteiger charge is 2.20. The Balaban J connectivity index is 1.43. The van der Waals surface area contributed by atoms with Gasteiger partial charge in [0, 0.05) is 40.0 Å². The van der Waals surface area contributed by atoms with E-state index in [9.17, 15) is 9.59 Å². The predicted octanol–water partition coefficient (Wildman–Crippen LogP) is 3.37. The molecule has 2 amide bonds. The molecule has 1 aliphatic heterocycles. The molecule has 0 unspecified atom stereocenters. The van der Waals surface area contributed by atoms with Crippen molar-refractivity contribution in [2.45, 2.75) is 6.42 Å². The second-order valence-electron chi connectivity index (χ2n) is 6.37. The van der Waals surface area contributed by atoms with Crippen molar-refractivity contribution in [3.8, 4) is 0 Å². The van der Waals surface area contributed by atoms with Gasteiger partial charge >= 0.3 is 0 Å². The predicted molar refractivity (Wildman–Crippen MR) is 105 cm³/mol. The third kappa shape index (κ3) is 3.82. The van der Waals surface area contributed by atoms with Crippen molar-refractivity contribution >= 4 is 45.7 Å². The van der Waals surface area contributed by atoms with Gasteiger partial charge in [-0.05, 0) is 48.0 Å². The highest BCUT2D eigenvalue weighted by Crippen LogP contribution is 2.24. The van der Waals surface area contributed by atoms with Crippen molar-refractivity contribution in [2.75, 3.05) is 30.0 Å². The standard InChI is InChI=1S/C20H18ClN3O3/c21-14-1-6-18-17(10-14)13(11-22-18)9-19(25)23-15-2-4-16(5-3-15)24-7-8-27-12-20(24)26/h1-6,10-11,22H,7-9,12H2,(H,23,25). The van der Waals surface area contributed by atoms with Gasteiger partial charge in [0.25, 0.3) is 5.91 Å². The second kappa shape index (κ2) is 7.42. The summed E-state index contributed by atoms with van der Waals surface area (Å²) in [4.78, 5) is 29.1. The number of carbonyl (C=O) groups is 2. The van der Waals surface area contributed by atoms with Crippen molar-refractivity contribution in [1.29, 1.82) is 0 Å². The second-order valence-corrected chi connectivity index (χ2v) is 6.81. The number of amides is 2. The lowest BCUT2D eigenvalue weighted by atomic mass is 10.1. The van der Waals surface area contributed by atoms with Crippen LogP contribution in [0, 0.1) is 0 Å². The molecule has 0 atom stereocenters. The number of halogens is 1. The number of hydrogen-bond donors (Lipinski definition) is 2. The molecule has 138 valence electrons. The van der Waals surface area contributed by atoms with Gasteiger partial charge in [0.2, 0.25) is 5.91 Å². The average Bonchev–Trinajstić information content (AvgIpc) is 3.05. The van der Waals surface area contributed by atoms with Crippen molar-refractivity contribution in [3.05, 3.63) is 59.2 Å². The van der Waals surface area contributed by atoms with Crippen LogP contribution in [0.1, 0.15) is 5.56 Å². The Hall–Kier alpha value is -2.83. The summed E-state index contributed by atoms with van der Waals surface area (Å²) in [6.45, 7) is 1.17. The molecule has 3 aromatic rings. The number of rotatable bonds is 4. The molecule has 1 aromatic heterocycles. The van der Waals surface area contributed by atoms with Crippen LogP contribution in [0.15, 0.2) is 48.7 Å². The number of hydrogen-bond acceptors (Lipinski definition) is 3. The van der Waals surface area contributed by atoms with Gasteiger partial charge in [-0.15, -0.1) is 0 Å². The fourth-order valence-electron chi connectivity index (χ4n) is 3.19. The maximum Gasteiger partial charge on any atom is 0.253 e. The van der Waals surface area contributed by atoms with Gasteiger partial charge in [0.05, 0.1) is 13.0 Å². The fraction of sp³-hybridized carbons (Fsp3) is 0.200. The van der Waals surface area contributed by atoms with E-state index in [0.29, 0.717) is 23.9 Å². The van der Waals surface area contributed by atoms with Gasteiger partial charge in [-0.2, -0.15) is 0 Å². The van der Waals surface area contributed by atoms with Gasteiger partial charge in [-0.3, -0.25) is 9.59 Å². The lowest BCUT2D eigenvalue weighted by Crippen LogP contribution is -2.41. The molecule has 0 saturated carbocycles. The maximum absolute atomic E-state index is 12.4. The molecule has 2 N–H and O–H groups in total. The van der Waals surface area contributed by atoms with Crippen LogP contribution in [0.4, 0.5) is 11.4 Å². The van der Waals surface area contributed by atoms with E-state index in [1.165, 1.54) is 0 Å². The smallest absolute Gasteiger partial charge is 0.253 e. The van der Waals surface area contributed by atoms with E-state index >= 15 is 0 Å². The minimum Gasteiger partial charge on any atom is -0.370 e. The zero-order valence-electron chi connectivity index (χ0n) is 14.5. The van der Waals surface area contributed by atoms with Crippen molar-refractivity contribution < 1.29 is 14.3 Å². The number of nitrogens with zero attached hydrogens (tertiary/aromatic N) is 1. The van der Waals surface area contributed by atoms with Crippen LogP contribution in [-0.2, 0) is 20.7 Å². The minimum absolute atomic E-state index is 0.0592. The molecule has 6 nitrogen and oxygen atoms in total. The number of H-pyrrole nitrogens is 1. The zero-order chi connectivity index (χ0) is 18.8. The Kier molecular flexibility index (Phi) is 4.83. The number of anilines is 2. The van der Waals surface area contributed by atoms with Crippen LogP contribution in [0.25, 0.3) is 10.9 Å². The molecule has 1 aliphatic rings. The van der Waals surface area contributed by atoms with Crippen molar-refractivity contribution in [3.63, 3.8) is 0 Å². The normalized spacial score (nSPS) is 14.6. The Morgan fingerprint density at radius 3 is 2.81 bits per heavy atom. The summed E-state index contributed by atoms with van der Waals surface area (Å²) >= 11 is 6.05. The molecule has 1 fully saturated rings. The molecular formula is C20H18ClN3O3. The van der Waals surface area contributed by atoms with E-state index in [2.05, 4.69) is 10.3 Å². The molecular weight excluding hydrogens is 366 g/mol. The molecule has 2 heterocycles. The monoisotopic (exact) mass is 383 g/mol. The number of benzene rings is 2. The molecule has 1 saturated heterocycles. The first-order valence-corrected chi connectivity index (χ1v) is 9.01. The first-order chi connectivity index (χ1) is 13.1. The summed E-state index contributed by atoms with van der Waals surface area (Å²) in [6.07, 6.45) is 2.07. The summed E-state index contributed by atoms with van der Waals surface area (Å²) in [5, 5.41) is 4.47. The summed E-state index contributed by atoms with van der Waals surface area (Å²) in [5.74, 6) is -0.179. The topological polar surface area (TPSA) is 74.4 Å². The summed E-state index contributed by atoms with van der Waals surface area (Å²) in [6, 6.07) is 12.8. The Morgan fingerprint density at radius 2 is 2.04 bits per heavy atom. The van der Waals surface area contributed by atoms with E-state index < -0.39 is 0 Å². The Labute approximate surface area is 161 Å². The molecule has 0 radical (unpaired) electrons. The number of carbonyl (C=O) groups excluding carboxylic acids is 2. The summed E-state index contributed by atoms with van der Waals surface area (Å²) < 4.78 is 5.14. The minimum atomic E-state index is -0.119. The molecule has 7 heteroatoms. The van der Waals surface area contributed by atoms with E-state index in [-0.39, 0.29) is 24.8 Å². The maximum atomic E-state index is 12.4. The van der Waals surface area contributed by atoms with Crippen molar-refractivity contribution in [1.82, 2.24) is 4.98 Å². The molecule has 4 rings (SSSR count). The van der Waals surface area contributed by atoms with E-state index in [0.717, 1.165) is 22.2 Å². The van der Waals surface area contributed by atoms with Crippen LogP contribution in [0.3, 0.4) is 0 Å². The highest BCUT2D eigenvalue weighted by molar-refractivity contribution is 6.31. The number of morpholine rings is 1. The first-order valence-electron chi connectivity index (χ1n) is 8.64. The van der Waals surface area contributed by atoms with Gasteiger partial charge in [-0.25, -0.2) is 0 Å². The van der Waals surface area contributed by atoms with Gasteiger partial charge < -0.3 is 19.9 Å². The van der Waals surface area contributed by atoms with Gasteiger partial charge in [-0.1, -0.05) is 11.6 Å². The Bertz CT molecular complexity index is 997. The first kappa shape index (κ1) is 17.6. The molecule has 0 spiro atoms. The van der Waals surface area contributed by atoms with Gasteiger partial charge in [0.15, 0.2) is 0 Å². The third-order valence-electron chi connectivity index (χ3n) is 4.53. The van der Waals surface area contributed by atoms with Crippen LogP contribution in [0.2, 0.25) is 5.02 Å². The van der Waals surface area contributed by atoms with E-state index in [4.69, 9.17) is 16.3 Å². The number of ether oxygens (including phenoxy) is 1. The van der Waals surface area contributed by atoms with Crippen LogP contribution in [0.5, 0.6) is 0 Å². The van der Waals surface area contributed by atoms with Crippen molar-refractivity contribution in [2.24, 2.45) is 0 Å². The molecule has 2 aromatic carbocycles. The SMILES string of the molecule is O=C(Cc1c[nH]c2ccc(Cl)cc12)Nc1ccc(N2CCOCC2=O)cc1.